The maximum Gasteiger partial charge on any atom is 0.150 e. The summed E-state index contributed by atoms with van der Waals surface area (Å²) in [5.41, 5.74) is 2.11. The molecule has 0 aliphatic carbocycles. The number of aldehydes is 1. The van der Waals surface area contributed by atoms with Crippen LogP contribution in [0.2, 0.25) is 5.02 Å². The van der Waals surface area contributed by atoms with Crippen LogP contribution in [-0.4, -0.2) is 11.3 Å². The summed E-state index contributed by atoms with van der Waals surface area (Å²) in [6, 6.07) is 7.32. The Morgan fingerprint density at radius 2 is 2.00 bits per heavy atom. The third kappa shape index (κ3) is 2.18. The van der Waals surface area contributed by atoms with Gasteiger partial charge >= 0.3 is 0 Å². The van der Waals surface area contributed by atoms with Crippen molar-refractivity contribution < 1.29 is 4.79 Å². The zero-order valence-corrected chi connectivity index (χ0v) is 10.9. The first-order valence-corrected chi connectivity index (χ1v) is 5.86. The van der Waals surface area contributed by atoms with E-state index in [1.807, 2.05) is 18.2 Å². The lowest BCUT2D eigenvalue weighted by molar-refractivity contribution is 0.112. The maximum absolute atomic E-state index is 11.1. The molecule has 17 heavy (non-hydrogen) atoms. The molecule has 2 aromatic rings. The van der Waals surface area contributed by atoms with Crippen molar-refractivity contribution >= 4 is 28.8 Å². The Morgan fingerprint density at radius 3 is 2.59 bits per heavy atom. The number of fused-ring (bicyclic) bond motifs is 1. The number of hydrogen-bond acceptors (Lipinski definition) is 2. The molecule has 2 rings (SSSR count). The van der Waals surface area contributed by atoms with Crippen molar-refractivity contribution in [1.82, 2.24) is 4.98 Å². The largest absolute Gasteiger partial charge is 0.298 e. The van der Waals surface area contributed by atoms with Crippen LogP contribution in [-0.2, 0) is 5.41 Å². The minimum atomic E-state index is -0.106. The van der Waals surface area contributed by atoms with Crippen LogP contribution in [0.1, 0.15) is 36.8 Å². The van der Waals surface area contributed by atoms with Gasteiger partial charge in [-0.05, 0) is 12.1 Å². The van der Waals surface area contributed by atoms with Crippen molar-refractivity contribution in [2.24, 2.45) is 0 Å². The van der Waals surface area contributed by atoms with Crippen LogP contribution < -0.4 is 0 Å². The number of carbonyl (C=O) groups is 1. The lowest BCUT2D eigenvalue weighted by Gasteiger charge is -2.19. The molecular formula is C14H14ClNO. The van der Waals surface area contributed by atoms with E-state index in [2.05, 4.69) is 25.8 Å². The van der Waals surface area contributed by atoms with Gasteiger partial charge in [0.2, 0.25) is 0 Å². The Bertz CT molecular complexity index is 585. The van der Waals surface area contributed by atoms with E-state index in [-0.39, 0.29) is 5.41 Å². The van der Waals surface area contributed by atoms with Gasteiger partial charge in [-0.25, -0.2) is 0 Å². The second-order valence-electron chi connectivity index (χ2n) is 5.10. The van der Waals surface area contributed by atoms with Gasteiger partial charge in [0.25, 0.3) is 0 Å². The summed E-state index contributed by atoms with van der Waals surface area (Å²) in [6.45, 7) is 6.19. The molecule has 0 spiro atoms. The minimum absolute atomic E-state index is 0.106. The first kappa shape index (κ1) is 12.1. The number of nitrogens with zero attached hydrogens (tertiary/aromatic N) is 1. The van der Waals surface area contributed by atoms with Crippen molar-refractivity contribution in [3.63, 3.8) is 0 Å². The molecule has 0 saturated carbocycles. The Balaban J connectivity index is 2.86. The number of para-hydroxylation sites is 1. The summed E-state index contributed by atoms with van der Waals surface area (Å²) in [4.78, 5) is 15.7. The highest BCUT2D eigenvalue weighted by Crippen LogP contribution is 2.28. The smallest absolute Gasteiger partial charge is 0.150 e. The monoisotopic (exact) mass is 247 g/mol. The first-order valence-electron chi connectivity index (χ1n) is 5.48. The molecule has 1 heterocycles. The Hall–Kier alpha value is -1.41. The summed E-state index contributed by atoms with van der Waals surface area (Å²) < 4.78 is 0. The Kier molecular flexibility index (Phi) is 2.92. The van der Waals surface area contributed by atoms with Crippen LogP contribution in [0.4, 0.5) is 0 Å². The first-order chi connectivity index (χ1) is 7.93. The predicted molar refractivity (Wildman–Crippen MR) is 70.8 cm³/mol. The molecule has 1 aromatic heterocycles. The maximum atomic E-state index is 11.1. The molecule has 2 nitrogen and oxygen atoms in total. The van der Waals surface area contributed by atoms with Crippen LogP contribution >= 0.6 is 11.6 Å². The molecule has 0 aliphatic heterocycles. The van der Waals surface area contributed by atoms with Crippen molar-refractivity contribution in [3.05, 3.63) is 40.5 Å². The van der Waals surface area contributed by atoms with E-state index in [0.717, 1.165) is 17.4 Å². The average molecular weight is 248 g/mol. The molecule has 0 aliphatic rings. The van der Waals surface area contributed by atoms with Gasteiger partial charge in [0.1, 0.15) is 0 Å². The topological polar surface area (TPSA) is 30.0 Å². The summed E-state index contributed by atoms with van der Waals surface area (Å²) in [5.74, 6) is 0. The molecule has 0 unspecified atom stereocenters. The Morgan fingerprint density at radius 1 is 1.29 bits per heavy atom. The Labute approximate surface area is 106 Å². The van der Waals surface area contributed by atoms with Gasteiger partial charge in [-0.2, -0.15) is 0 Å². The number of pyridine rings is 1. The molecule has 0 amide bonds. The van der Waals surface area contributed by atoms with Gasteiger partial charge in [0.15, 0.2) is 6.29 Å². The number of rotatable bonds is 1. The quantitative estimate of drug-likeness (QED) is 0.713. The number of halogens is 1. The van der Waals surface area contributed by atoms with Gasteiger partial charge in [-0.1, -0.05) is 44.5 Å². The normalized spacial score (nSPS) is 11.8. The van der Waals surface area contributed by atoms with E-state index in [1.54, 1.807) is 6.07 Å². The fraction of sp³-hybridized carbons (Fsp3) is 0.286. The zero-order chi connectivity index (χ0) is 12.6. The molecule has 0 bridgehead atoms. The van der Waals surface area contributed by atoms with Gasteiger partial charge in [0.05, 0.1) is 10.5 Å². The molecule has 3 heteroatoms. The van der Waals surface area contributed by atoms with Crippen LogP contribution in [0.5, 0.6) is 0 Å². The van der Waals surface area contributed by atoms with Crippen LogP contribution in [0.3, 0.4) is 0 Å². The fourth-order valence-corrected chi connectivity index (χ4v) is 1.94. The highest BCUT2D eigenvalue weighted by Gasteiger charge is 2.18. The third-order valence-electron chi connectivity index (χ3n) is 2.72. The van der Waals surface area contributed by atoms with Crippen molar-refractivity contribution in [2.45, 2.75) is 26.2 Å². The SMILES string of the molecule is CC(C)(C)c1cc(C=O)c2cccc(Cl)c2n1. The molecule has 88 valence electrons. The molecule has 0 radical (unpaired) electrons. The van der Waals surface area contributed by atoms with Crippen molar-refractivity contribution in [3.8, 4) is 0 Å². The molecule has 0 saturated heterocycles. The molecule has 0 N–H and O–H groups in total. The molecule has 1 aromatic carbocycles. The van der Waals surface area contributed by atoms with Gasteiger partial charge in [-0.3, -0.25) is 9.78 Å². The summed E-state index contributed by atoms with van der Waals surface area (Å²) in [6.07, 6.45) is 0.857. The predicted octanol–water partition coefficient (Wildman–Crippen LogP) is 4.00. The molecule has 0 atom stereocenters. The van der Waals surface area contributed by atoms with Gasteiger partial charge < -0.3 is 0 Å². The van der Waals surface area contributed by atoms with E-state index in [9.17, 15) is 4.79 Å². The lowest BCUT2D eigenvalue weighted by Crippen LogP contribution is -2.14. The number of benzene rings is 1. The minimum Gasteiger partial charge on any atom is -0.298 e. The number of carbonyl (C=O) groups excluding carboxylic acids is 1. The summed E-state index contributed by atoms with van der Waals surface area (Å²) in [7, 11) is 0. The second kappa shape index (κ2) is 4.11. The van der Waals surface area contributed by atoms with E-state index >= 15 is 0 Å². The van der Waals surface area contributed by atoms with Crippen molar-refractivity contribution in [2.75, 3.05) is 0 Å². The third-order valence-corrected chi connectivity index (χ3v) is 3.02. The molecular weight excluding hydrogens is 234 g/mol. The highest BCUT2D eigenvalue weighted by atomic mass is 35.5. The standard InChI is InChI=1S/C14H14ClNO/c1-14(2,3)12-7-9(8-17)10-5-4-6-11(15)13(10)16-12/h4-8H,1-3H3. The summed E-state index contributed by atoms with van der Waals surface area (Å²) >= 11 is 6.13. The summed E-state index contributed by atoms with van der Waals surface area (Å²) in [5, 5.41) is 1.39. The van der Waals surface area contributed by atoms with E-state index in [0.29, 0.717) is 16.1 Å². The van der Waals surface area contributed by atoms with Gasteiger partial charge in [0, 0.05) is 22.1 Å². The zero-order valence-electron chi connectivity index (χ0n) is 10.1. The number of hydrogen-bond donors (Lipinski definition) is 0. The average Bonchev–Trinajstić information content (AvgIpc) is 2.27. The van der Waals surface area contributed by atoms with E-state index in [4.69, 9.17) is 11.6 Å². The second-order valence-corrected chi connectivity index (χ2v) is 5.51. The fourth-order valence-electron chi connectivity index (χ4n) is 1.72. The van der Waals surface area contributed by atoms with Crippen molar-refractivity contribution in [1.29, 1.82) is 0 Å². The number of aromatic nitrogens is 1. The molecule has 0 fully saturated rings. The van der Waals surface area contributed by atoms with Crippen LogP contribution in [0.15, 0.2) is 24.3 Å². The van der Waals surface area contributed by atoms with E-state index in [1.165, 1.54) is 0 Å². The van der Waals surface area contributed by atoms with Gasteiger partial charge in [-0.15, -0.1) is 0 Å². The lowest BCUT2D eigenvalue weighted by atomic mass is 9.90. The van der Waals surface area contributed by atoms with Crippen LogP contribution in [0.25, 0.3) is 10.9 Å². The van der Waals surface area contributed by atoms with E-state index < -0.39 is 0 Å². The highest BCUT2D eigenvalue weighted by molar-refractivity contribution is 6.35. The van der Waals surface area contributed by atoms with Crippen LogP contribution in [0, 0.1) is 0 Å².